The van der Waals surface area contributed by atoms with Crippen molar-refractivity contribution in [3.05, 3.63) is 54.0 Å². The predicted octanol–water partition coefficient (Wildman–Crippen LogP) is 4.78. The third kappa shape index (κ3) is 3.15. The molecule has 0 amide bonds. The lowest BCUT2D eigenvalue weighted by atomic mass is 10.1. The summed E-state index contributed by atoms with van der Waals surface area (Å²) in [6.07, 6.45) is -3.31. The summed E-state index contributed by atoms with van der Waals surface area (Å²) >= 11 is 0. The molecule has 0 aliphatic rings. The molecule has 130 valence electrons. The number of pyridine rings is 1. The van der Waals surface area contributed by atoms with E-state index in [2.05, 4.69) is 4.98 Å². The second-order valence-corrected chi connectivity index (χ2v) is 5.14. The van der Waals surface area contributed by atoms with Crippen LogP contribution in [0.4, 0.5) is 23.2 Å². The van der Waals surface area contributed by atoms with Gasteiger partial charge in [-0.05, 0) is 30.3 Å². The van der Waals surface area contributed by atoms with Crippen LogP contribution in [0.3, 0.4) is 0 Å². The Labute approximate surface area is 139 Å². The van der Waals surface area contributed by atoms with Crippen molar-refractivity contribution in [3.63, 3.8) is 0 Å². The van der Waals surface area contributed by atoms with Crippen LogP contribution in [-0.4, -0.2) is 12.1 Å². The Morgan fingerprint density at radius 3 is 2.56 bits per heavy atom. The zero-order valence-electron chi connectivity index (χ0n) is 12.9. The summed E-state index contributed by atoms with van der Waals surface area (Å²) in [4.78, 5) is 4.13. The Morgan fingerprint density at radius 2 is 1.88 bits per heavy atom. The Kier molecular flexibility index (Phi) is 4.12. The van der Waals surface area contributed by atoms with Crippen LogP contribution in [0.5, 0.6) is 17.2 Å². The molecule has 1 aromatic heterocycles. The number of ether oxygens (including phenoxy) is 2. The monoisotopic (exact) mass is 352 g/mol. The van der Waals surface area contributed by atoms with Crippen molar-refractivity contribution < 1.29 is 27.0 Å². The molecule has 0 aliphatic heterocycles. The smallest absolute Gasteiger partial charge is 0.419 e. The number of benzene rings is 2. The molecule has 0 saturated heterocycles. The molecule has 1 heterocycles. The Hall–Kier alpha value is -3.03. The minimum atomic E-state index is -4.84. The molecule has 0 spiro atoms. The van der Waals surface area contributed by atoms with Gasteiger partial charge >= 0.3 is 6.18 Å². The summed E-state index contributed by atoms with van der Waals surface area (Å²) in [5.41, 5.74) is 5.23. The van der Waals surface area contributed by atoms with Gasteiger partial charge in [-0.25, -0.2) is 4.39 Å². The molecule has 3 rings (SSSR count). The number of anilines is 1. The van der Waals surface area contributed by atoms with Gasteiger partial charge in [0.1, 0.15) is 11.6 Å². The fourth-order valence-corrected chi connectivity index (χ4v) is 2.39. The second kappa shape index (κ2) is 6.12. The highest BCUT2D eigenvalue weighted by atomic mass is 19.4. The summed E-state index contributed by atoms with van der Waals surface area (Å²) in [6, 6.07) is 7.11. The third-order valence-corrected chi connectivity index (χ3v) is 3.52. The predicted molar refractivity (Wildman–Crippen MR) is 84.2 cm³/mol. The maximum Gasteiger partial charge on any atom is 0.419 e. The number of rotatable bonds is 3. The van der Waals surface area contributed by atoms with Crippen LogP contribution in [0, 0.1) is 5.82 Å². The fourth-order valence-electron chi connectivity index (χ4n) is 2.39. The Balaban J connectivity index is 2.14. The SMILES string of the molecule is COc1cc(N)c2ncccc2c1Oc1ccc(F)c(C(F)(F)F)c1. The van der Waals surface area contributed by atoms with Crippen molar-refractivity contribution in [3.8, 4) is 17.2 Å². The number of hydrogen-bond acceptors (Lipinski definition) is 4. The van der Waals surface area contributed by atoms with Gasteiger partial charge in [-0.15, -0.1) is 0 Å². The molecule has 2 aromatic carbocycles. The van der Waals surface area contributed by atoms with Crippen LogP contribution in [0.1, 0.15) is 5.56 Å². The van der Waals surface area contributed by atoms with Gasteiger partial charge in [0.25, 0.3) is 0 Å². The van der Waals surface area contributed by atoms with Gasteiger partial charge in [-0.1, -0.05) is 0 Å². The normalized spacial score (nSPS) is 11.6. The minimum absolute atomic E-state index is 0.138. The van der Waals surface area contributed by atoms with E-state index in [9.17, 15) is 17.6 Å². The molecule has 3 aromatic rings. The van der Waals surface area contributed by atoms with E-state index in [4.69, 9.17) is 15.2 Å². The molecule has 0 unspecified atom stereocenters. The van der Waals surface area contributed by atoms with Crippen molar-refractivity contribution in [1.29, 1.82) is 0 Å². The van der Waals surface area contributed by atoms with Crippen molar-refractivity contribution in [2.24, 2.45) is 0 Å². The molecule has 0 fully saturated rings. The van der Waals surface area contributed by atoms with Gasteiger partial charge in [-0.3, -0.25) is 4.98 Å². The fraction of sp³-hybridized carbons (Fsp3) is 0.118. The van der Waals surface area contributed by atoms with Gasteiger partial charge in [0, 0.05) is 17.6 Å². The molecule has 8 heteroatoms. The summed E-state index contributed by atoms with van der Waals surface area (Å²) in [5, 5.41) is 0.456. The summed E-state index contributed by atoms with van der Waals surface area (Å²) in [7, 11) is 1.37. The van der Waals surface area contributed by atoms with Gasteiger partial charge in [0.05, 0.1) is 23.9 Å². The summed E-state index contributed by atoms with van der Waals surface area (Å²) in [5.74, 6) is -1.21. The first-order valence-corrected chi connectivity index (χ1v) is 7.07. The Morgan fingerprint density at radius 1 is 1.12 bits per heavy atom. The number of fused-ring (bicyclic) bond motifs is 1. The van der Waals surface area contributed by atoms with Crippen LogP contribution >= 0.6 is 0 Å². The van der Waals surface area contributed by atoms with Crippen LogP contribution in [0.2, 0.25) is 0 Å². The number of hydrogen-bond donors (Lipinski definition) is 1. The molecule has 0 atom stereocenters. The molecule has 0 bridgehead atoms. The molecule has 2 N–H and O–H groups in total. The van der Waals surface area contributed by atoms with Crippen LogP contribution in [0.15, 0.2) is 42.6 Å². The maximum atomic E-state index is 13.4. The number of methoxy groups -OCH3 is 1. The van der Waals surface area contributed by atoms with E-state index < -0.39 is 17.6 Å². The lowest BCUT2D eigenvalue weighted by Crippen LogP contribution is -2.08. The molecule has 0 aliphatic carbocycles. The lowest BCUT2D eigenvalue weighted by Gasteiger charge is -2.15. The number of nitrogens with zero attached hydrogens (tertiary/aromatic N) is 1. The molecule has 4 nitrogen and oxygen atoms in total. The van der Waals surface area contributed by atoms with E-state index >= 15 is 0 Å². The highest BCUT2D eigenvalue weighted by Crippen LogP contribution is 2.42. The third-order valence-electron chi connectivity index (χ3n) is 3.52. The topological polar surface area (TPSA) is 57.4 Å². The number of alkyl halides is 3. The highest BCUT2D eigenvalue weighted by molar-refractivity contribution is 5.96. The quantitative estimate of drug-likeness (QED) is 0.545. The average molecular weight is 352 g/mol. The highest BCUT2D eigenvalue weighted by Gasteiger charge is 2.34. The van der Waals surface area contributed by atoms with Crippen LogP contribution in [-0.2, 0) is 6.18 Å². The van der Waals surface area contributed by atoms with Crippen molar-refractivity contribution in [2.75, 3.05) is 12.8 Å². The van der Waals surface area contributed by atoms with Crippen molar-refractivity contribution >= 4 is 16.6 Å². The second-order valence-electron chi connectivity index (χ2n) is 5.14. The first-order valence-electron chi connectivity index (χ1n) is 7.07. The number of nitrogens with two attached hydrogens (primary N) is 1. The van der Waals surface area contributed by atoms with E-state index in [-0.39, 0.29) is 17.2 Å². The molecular formula is C17H12F4N2O2. The van der Waals surface area contributed by atoms with Gasteiger partial charge < -0.3 is 15.2 Å². The number of aromatic nitrogens is 1. The first-order chi connectivity index (χ1) is 11.8. The largest absolute Gasteiger partial charge is 0.493 e. The van der Waals surface area contributed by atoms with Crippen LogP contribution < -0.4 is 15.2 Å². The average Bonchev–Trinajstić information content (AvgIpc) is 2.57. The zero-order valence-corrected chi connectivity index (χ0v) is 12.9. The molecular weight excluding hydrogens is 340 g/mol. The number of halogens is 4. The summed E-state index contributed by atoms with van der Waals surface area (Å²) in [6.45, 7) is 0. The molecule has 0 saturated carbocycles. The van der Waals surface area contributed by atoms with Crippen molar-refractivity contribution in [1.82, 2.24) is 4.98 Å². The standard InChI is InChI=1S/C17H12F4N2O2/c1-24-14-8-13(22)15-10(3-2-6-23-15)16(14)25-9-4-5-12(18)11(7-9)17(19,20)21/h2-8H,22H2,1H3. The maximum absolute atomic E-state index is 13.4. The first kappa shape index (κ1) is 16.8. The zero-order chi connectivity index (χ0) is 18.2. The summed E-state index contributed by atoms with van der Waals surface area (Å²) < 4.78 is 62.8. The van der Waals surface area contributed by atoms with E-state index in [1.165, 1.54) is 19.4 Å². The van der Waals surface area contributed by atoms with Crippen molar-refractivity contribution in [2.45, 2.75) is 6.18 Å². The van der Waals surface area contributed by atoms with Gasteiger partial charge in [0.2, 0.25) is 0 Å². The van der Waals surface area contributed by atoms with Gasteiger partial charge in [0.15, 0.2) is 11.5 Å². The van der Waals surface area contributed by atoms with Crippen LogP contribution in [0.25, 0.3) is 10.9 Å². The van der Waals surface area contributed by atoms with E-state index in [1.54, 1.807) is 12.1 Å². The lowest BCUT2D eigenvalue weighted by molar-refractivity contribution is -0.140. The molecule has 25 heavy (non-hydrogen) atoms. The minimum Gasteiger partial charge on any atom is -0.493 e. The van der Waals surface area contributed by atoms with E-state index in [1.807, 2.05) is 0 Å². The number of nitrogen functional groups attached to an aromatic ring is 1. The van der Waals surface area contributed by atoms with E-state index in [0.29, 0.717) is 28.7 Å². The molecule has 0 radical (unpaired) electrons. The van der Waals surface area contributed by atoms with Gasteiger partial charge in [-0.2, -0.15) is 13.2 Å². The van der Waals surface area contributed by atoms with E-state index in [0.717, 1.165) is 6.07 Å². The Bertz CT molecular complexity index is 942.